The molecule has 0 aliphatic carbocycles. The van der Waals surface area contributed by atoms with Gasteiger partial charge < -0.3 is 29.4 Å². The SMILES string of the molecule is CCOC(=O)C1=C(COC(=O)c2ccc(N(C)C)cc2)NC(=O)NC1c1ccco1. The fourth-order valence-electron chi connectivity index (χ4n) is 2.97. The average Bonchev–Trinajstić information content (AvgIpc) is 3.26. The molecule has 2 heterocycles. The number of carbonyl (C=O) groups excluding carboxylic acids is 3. The number of furan rings is 1. The van der Waals surface area contributed by atoms with Gasteiger partial charge in [-0.1, -0.05) is 0 Å². The second kappa shape index (κ2) is 9.17. The summed E-state index contributed by atoms with van der Waals surface area (Å²) in [5.74, 6) is -0.873. The van der Waals surface area contributed by atoms with E-state index in [9.17, 15) is 14.4 Å². The first kappa shape index (κ1) is 21.0. The van der Waals surface area contributed by atoms with E-state index in [-0.39, 0.29) is 24.5 Å². The molecule has 0 fully saturated rings. The minimum Gasteiger partial charge on any atom is -0.467 e. The van der Waals surface area contributed by atoms with E-state index in [0.29, 0.717) is 11.3 Å². The number of nitrogens with one attached hydrogen (secondary N) is 2. The van der Waals surface area contributed by atoms with Crippen molar-refractivity contribution in [1.29, 1.82) is 0 Å². The number of anilines is 1. The van der Waals surface area contributed by atoms with Crippen molar-refractivity contribution >= 4 is 23.7 Å². The molecule has 2 N–H and O–H groups in total. The third-order valence-corrected chi connectivity index (χ3v) is 4.44. The topological polar surface area (TPSA) is 110 Å². The van der Waals surface area contributed by atoms with Gasteiger partial charge in [-0.15, -0.1) is 0 Å². The van der Waals surface area contributed by atoms with Crippen LogP contribution in [0.2, 0.25) is 0 Å². The molecule has 0 saturated heterocycles. The monoisotopic (exact) mass is 413 g/mol. The minimum absolute atomic E-state index is 0.113. The van der Waals surface area contributed by atoms with E-state index in [1.54, 1.807) is 43.3 Å². The molecule has 0 saturated carbocycles. The van der Waals surface area contributed by atoms with Crippen LogP contribution < -0.4 is 15.5 Å². The number of nitrogens with zero attached hydrogens (tertiary/aromatic N) is 1. The van der Waals surface area contributed by atoms with Gasteiger partial charge in [0.2, 0.25) is 0 Å². The Balaban J connectivity index is 1.84. The molecular formula is C21H23N3O6. The molecule has 0 radical (unpaired) electrons. The molecule has 0 bridgehead atoms. The molecule has 1 aliphatic heterocycles. The normalized spacial score (nSPS) is 15.8. The molecule has 158 valence electrons. The number of hydrogen-bond acceptors (Lipinski definition) is 7. The summed E-state index contributed by atoms with van der Waals surface area (Å²) in [6, 6.07) is 8.73. The van der Waals surface area contributed by atoms with E-state index in [1.807, 2.05) is 19.0 Å². The molecule has 1 atom stereocenters. The Morgan fingerprint density at radius 1 is 1.10 bits per heavy atom. The lowest BCUT2D eigenvalue weighted by atomic mass is 10.0. The van der Waals surface area contributed by atoms with Crippen LogP contribution in [0.3, 0.4) is 0 Å². The Labute approximate surface area is 173 Å². The molecule has 1 aromatic carbocycles. The van der Waals surface area contributed by atoms with E-state index < -0.39 is 24.0 Å². The number of esters is 2. The van der Waals surface area contributed by atoms with Gasteiger partial charge >= 0.3 is 18.0 Å². The van der Waals surface area contributed by atoms with Crippen molar-refractivity contribution in [3.63, 3.8) is 0 Å². The van der Waals surface area contributed by atoms with Crippen LogP contribution in [0.5, 0.6) is 0 Å². The van der Waals surface area contributed by atoms with Gasteiger partial charge in [0.05, 0.1) is 29.7 Å². The smallest absolute Gasteiger partial charge is 0.338 e. The summed E-state index contributed by atoms with van der Waals surface area (Å²) in [6.45, 7) is 1.51. The van der Waals surface area contributed by atoms with Crippen molar-refractivity contribution in [2.45, 2.75) is 13.0 Å². The number of rotatable bonds is 7. The Kier molecular flexibility index (Phi) is 6.41. The second-order valence-corrected chi connectivity index (χ2v) is 6.68. The number of amides is 2. The maximum absolute atomic E-state index is 12.6. The van der Waals surface area contributed by atoms with Crippen molar-refractivity contribution in [1.82, 2.24) is 10.6 Å². The van der Waals surface area contributed by atoms with Crippen LogP contribution in [-0.2, 0) is 14.3 Å². The zero-order valence-electron chi connectivity index (χ0n) is 16.9. The first-order valence-electron chi connectivity index (χ1n) is 9.36. The summed E-state index contributed by atoms with van der Waals surface area (Å²) in [5.41, 5.74) is 1.53. The number of hydrogen-bond donors (Lipinski definition) is 2. The fourth-order valence-corrected chi connectivity index (χ4v) is 2.97. The van der Waals surface area contributed by atoms with E-state index in [1.165, 1.54) is 6.26 Å². The average molecular weight is 413 g/mol. The lowest BCUT2D eigenvalue weighted by Crippen LogP contribution is -2.47. The predicted molar refractivity (Wildman–Crippen MR) is 108 cm³/mol. The van der Waals surface area contributed by atoms with Gasteiger partial charge in [0, 0.05) is 19.8 Å². The Morgan fingerprint density at radius 2 is 1.83 bits per heavy atom. The fraction of sp³-hybridized carbons (Fsp3) is 0.286. The molecule has 3 rings (SSSR count). The highest BCUT2D eigenvalue weighted by Crippen LogP contribution is 2.28. The van der Waals surface area contributed by atoms with E-state index in [4.69, 9.17) is 13.9 Å². The summed E-state index contributed by atoms with van der Waals surface area (Å²) in [4.78, 5) is 39.1. The number of urea groups is 1. The zero-order chi connectivity index (χ0) is 21.7. The van der Waals surface area contributed by atoms with Crippen molar-refractivity contribution in [2.24, 2.45) is 0 Å². The Hall–Kier alpha value is -3.75. The highest BCUT2D eigenvalue weighted by atomic mass is 16.5. The van der Waals surface area contributed by atoms with Gasteiger partial charge in [-0.2, -0.15) is 0 Å². The van der Waals surface area contributed by atoms with Crippen LogP contribution in [-0.4, -0.2) is 45.3 Å². The van der Waals surface area contributed by atoms with Gasteiger partial charge in [-0.05, 0) is 43.3 Å². The molecule has 30 heavy (non-hydrogen) atoms. The molecule has 1 aliphatic rings. The van der Waals surface area contributed by atoms with E-state index in [2.05, 4.69) is 10.6 Å². The maximum Gasteiger partial charge on any atom is 0.338 e. The first-order valence-corrected chi connectivity index (χ1v) is 9.36. The summed E-state index contributed by atoms with van der Waals surface area (Å²) in [5, 5.41) is 5.16. The molecule has 2 amide bonds. The molecule has 9 heteroatoms. The van der Waals surface area contributed by atoms with Crippen molar-refractivity contribution in [2.75, 3.05) is 32.2 Å². The zero-order valence-corrected chi connectivity index (χ0v) is 16.9. The lowest BCUT2D eigenvalue weighted by Gasteiger charge is -2.27. The van der Waals surface area contributed by atoms with E-state index in [0.717, 1.165) is 5.69 Å². The third kappa shape index (κ3) is 4.62. The van der Waals surface area contributed by atoms with Crippen LogP contribution in [0.25, 0.3) is 0 Å². The molecule has 9 nitrogen and oxygen atoms in total. The Bertz CT molecular complexity index is 948. The van der Waals surface area contributed by atoms with Gasteiger partial charge in [-0.25, -0.2) is 14.4 Å². The van der Waals surface area contributed by atoms with Crippen molar-refractivity contribution in [3.8, 4) is 0 Å². The molecule has 1 aromatic heterocycles. The van der Waals surface area contributed by atoms with E-state index >= 15 is 0 Å². The number of ether oxygens (including phenoxy) is 2. The van der Waals surface area contributed by atoms with Crippen molar-refractivity contribution in [3.05, 3.63) is 65.3 Å². The van der Waals surface area contributed by atoms with Crippen molar-refractivity contribution < 1.29 is 28.3 Å². The highest BCUT2D eigenvalue weighted by Gasteiger charge is 2.35. The summed E-state index contributed by atoms with van der Waals surface area (Å²) >= 11 is 0. The molecule has 1 unspecified atom stereocenters. The minimum atomic E-state index is -0.860. The third-order valence-electron chi connectivity index (χ3n) is 4.44. The highest BCUT2D eigenvalue weighted by molar-refractivity contribution is 5.95. The summed E-state index contributed by atoms with van der Waals surface area (Å²) < 4.78 is 15.8. The van der Waals surface area contributed by atoms with Crippen LogP contribution >= 0.6 is 0 Å². The number of benzene rings is 1. The van der Waals surface area contributed by atoms with Gasteiger partial charge in [0.15, 0.2) is 0 Å². The Morgan fingerprint density at radius 3 is 2.43 bits per heavy atom. The van der Waals surface area contributed by atoms with Gasteiger partial charge in [0.1, 0.15) is 18.4 Å². The van der Waals surface area contributed by atoms with Crippen LogP contribution in [0, 0.1) is 0 Å². The standard InChI is InChI=1S/C21H23N3O6/c1-4-28-20(26)17-15(22-21(27)23-18(17)16-6-5-11-29-16)12-30-19(25)13-7-9-14(10-8-13)24(2)3/h5-11,18H,4,12H2,1-3H3,(H2,22,23,27). The maximum atomic E-state index is 12.6. The lowest BCUT2D eigenvalue weighted by molar-refractivity contribution is -0.139. The quantitative estimate of drug-likeness (QED) is 0.671. The van der Waals surface area contributed by atoms with Gasteiger partial charge in [0.25, 0.3) is 0 Å². The molecule has 0 spiro atoms. The predicted octanol–water partition coefficient (Wildman–Crippen LogP) is 2.37. The van der Waals surface area contributed by atoms with Crippen LogP contribution in [0.15, 0.2) is 58.3 Å². The summed E-state index contributed by atoms with van der Waals surface area (Å²) in [6.07, 6.45) is 1.43. The van der Waals surface area contributed by atoms with Gasteiger partial charge in [-0.3, -0.25) is 0 Å². The second-order valence-electron chi connectivity index (χ2n) is 6.68. The molecule has 2 aromatic rings. The van der Waals surface area contributed by atoms with Crippen LogP contribution in [0.4, 0.5) is 10.5 Å². The van der Waals surface area contributed by atoms with Crippen LogP contribution in [0.1, 0.15) is 29.1 Å². The largest absolute Gasteiger partial charge is 0.467 e. The molecular weight excluding hydrogens is 390 g/mol. The summed E-state index contributed by atoms with van der Waals surface area (Å²) in [7, 11) is 3.79. The number of carbonyl (C=O) groups is 3. The first-order chi connectivity index (χ1) is 14.4.